The van der Waals surface area contributed by atoms with Crippen molar-refractivity contribution in [2.24, 2.45) is 5.73 Å². The summed E-state index contributed by atoms with van der Waals surface area (Å²) in [6, 6.07) is 3.34. The average Bonchev–Trinajstić information content (AvgIpc) is 2.29. The Bertz CT molecular complexity index is 311. The molecule has 0 aromatic carbocycles. The Kier molecular flexibility index (Phi) is 4.49. The molecule has 0 fully saturated rings. The minimum Gasteiger partial charge on any atom is -0.369 e. The molecule has 6 nitrogen and oxygen atoms in total. The first-order valence-electron chi connectivity index (χ1n) is 4.77. The summed E-state index contributed by atoms with van der Waals surface area (Å²) in [5.41, 5.74) is 5.65. The number of aromatic nitrogens is 2. The van der Waals surface area contributed by atoms with Gasteiger partial charge in [-0.25, -0.2) is 0 Å². The quantitative estimate of drug-likeness (QED) is 0.574. The van der Waals surface area contributed by atoms with Crippen LogP contribution in [0.25, 0.3) is 0 Å². The summed E-state index contributed by atoms with van der Waals surface area (Å²) < 4.78 is 0. The van der Waals surface area contributed by atoms with Gasteiger partial charge in [0.2, 0.25) is 0 Å². The van der Waals surface area contributed by atoms with Gasteiger partial charge in [0, 0.05) is 13.6 Å². The Balaban J connectivity index is 2.52. The van der Waals surface area contributed by atoms with Crippen LogP contribution in [0.5, 0.6) is 0 Å². The molecule has 0 aliphatic heterocycles. The Labute approximate surface area is 88.3 Å². The van der Waals surface area contributed by atoms with E-state index in [2.05, 4.69) is 20.8 Å². The average molecular weight is 209 g/mol. The first kappa shape index (κ1) is 11.4. The molecule has 1 heterocycles. The molecule has 1 rings (SSSR count). The third-order valence-corrected chi connectivity index (χ3v) is 1.81. The van der Waals surface area contributed by atoms with Crippen LogP contribution in [0, 0.1) is 0 Å². The monoisotopic (exact) mass is 209 g/mol. The van der Waals surface area contributed by atoms with Crippen molar-refractivity contribution in [3.63, 3.8) is 0 Å². The smallest absolute Gasteiger partial charge is 0.271 e. The maximum absolute atomic E-state index is 11.1. The van der Waals surface area contributed by atoms with Crippen LogP contribution in [0.1, 0.15) is 16.9 Å². The highest BCUT2D eigenvalue weighted by molar-refractivity contribution is 5.91. The van der Waals surface area contributed by atoms with E-state index in [-0.39, 0.29) is 5.91 Å². The van der Waals surface area contributed by atoms with Crippen molar-refractivity contribution < 1.29 is 4.79 Å². The normalized spacial score (nSPS) is 9.73. The first-order chi connectivity index (χ1) is 7.27. The summed E-state index contributed by atoms with van der Waals surface area (Å²) >= 11 is 0. The molecule has 0 unspecified atom stereocenters. The number of nitrogens with one attached hydrogen (secondary N) is 2. The summed E-state index contributed by atoms with van der Waals surface area (Å²) in [5, 5.41) is 13.1. The van der Waals surface area contributed by atoms with Gasteiger partial charge < -0.3 is 16.4 Å². The van der Waals surface area contributed by atoms with Crippen LogP contribution in [-0.4, -0.2) is 36.2 Å². The van der Waals surface area contributed by atoms with E-state index in [0.717, 1.165) is 13.0 Å². The van der Waals surface area contributed by atoms with E-state index >= 15 is 0 Å². The fraction of sp³-hybridized carbons (Fsp3) is 0.444. The molecule has 0 saturated heterocycles. The van der Waals surface area contributed by atoms with Crippen LogP contribution in [0.15, 0.2) is 12.1 Å². The van der Waals surface area contributed by atoms with Gasteiger partial charge in [-0.2, -0.15) is 0 Å². The first-order valence-corrected chi connectivity index (χ1v) is 4.77. The fourth-order valence-corrected chi connectivity index (χ4v) is 0.994. The van der Waals surface area contributed by atoms with Crippen LogP contribution in [0.2, 0.25) is 0 Å². The minimum absolute atomic E-state index is 0.240. The van der Waals surface area contributed by atoms with Gasteiger partial charge in [-0.1, -0.05) is 0 Å². The van der Waals surface area contributed by atoms with E-state index in [1.807, 2.05) is 0 Å². The van der Waals surface area contributed by atoms with Crippen molar-refractivity contribution in [2.75, 3.05) is 25.5 Å². The maximum Gasteiger partial charge on any atom is 0.271 e. The van der Waals surface area contributed by atoms with Gasteiger partial charge in [0.25, 0.3) is 5.91 Å². The van der Waals surface area contributed by atoms with E-state index in [1.54, 1.807) is 19.2 Å². The lowest BCUT2D eigenvalue weighted by Crippen LogP contribution is -2.20. The molecule has 1 amide bonds. The van der Waals surface area contributed by atoms with Crippen LogP contribution in [0.3, 0.4) is 0 Å². The molecule has 0 aliphatic rings. The van der Waals surface area contributed by atoms with Gasteiger partial charge in [-0.15, -0.1) is 10.2 Å². The molecule has 0 aliphatic carbocycles. The fourth-order valence-electron chi connectivity index (χ4n) is 0.994. The minimum atomic E-state index is -0.240. The second-order valence-electron chi connectivity index (χ2n) is 2.95. The number of carbonyl (C=O) groups excluding carboxylic acids is 1. The lowest BCUT2D eigenvalue weighted by Gasteiger charge is -2.03. The molecular weight excluding hydrogens is 194 g/mol. The van der Waals surface area contributed by atoms with Gasteiger partial charge in [-0.05, 0) is 25.1 Å². The second kappa shape index (κ2) is 5.92. The van der Waals surface area contributed by atoms with E-state index < -0.39 is 0 Å². The molecule has 15 heavy (non-hydrogen) atoms. The number of rotatable bonds is 5. The molecule has 1 aromatic heterocycles. The molecule has 0 atom stereocenters. The van der Waals surface area contributed by atoms with Crippen LogP contribution < -0.4 is 16.4 Å². The highest BCUT2D eigenvalue weighted by Crippen LogP contribution is 2.01. The predicted octanol–water partition coefficient (Wildman–Crippen LogP) is -0.403. The van der Waals surface area contributed by atoms with Crippen molar-refractivity contribution in [3.8, 4) is 0 Å². The summed E-state index contributed by atoms with van der Waals surface area (Å²) in [5.74, 6) is 0.409. The molecule has 0 radical (unpaired) electrons. The van der Waals surface area contributed by atoms with Gasteiger partial charge in [-0.3, -0.25) is 4.79 Å². The molecule has 6 heteroatoms. The molecule has 0 bridgehead atoms. The van der Waals surface area contributed by atoms with Crippen molar-refractivity contribution in [1.29, 1.82) is 0 Å². The topological polar surface area (TPSA) is 92.9 Å². The molecule has 0 spiro atoms. The third-order valence-electron chi connectivity index (χ3n) is 1.81. The van der Waals surface area contributed by atoms with Crippen molar-refractivity contribution in [3.05, 3.63) is 17.8 Å². The highest BCUT2D eigenvalue weighted by atomic mass is 16.1. The van der Waals surface area contributed by atoms with Crippen molar-refractivity contribution in [1.82, 2.24) is 15.5 Å². The molecule has 82 valence electrons. The van der Waals surface area contributed by atoms with Crippen molar-refractivity contribution >= 4 is 11.7 Å². The number of amides is 1. The van der Waals surface area contributed by atoms with E-state index in [1.165, 1.54) is 0 Å². The number of hydrogen-bond donors (Lipinski definition) is 3. The van der Waals surface area contributed by atoms with Crippen LogP contribution in [-0.2, 0) is 0 Å². The van der Waals surface area contributed by atoms with Crippen molar-refractivity contribution in [2.45, 2.75) is 6.42 Å². The van der Waals surface area contributed by atoms with Crippen LogP contribution >= 0.6 is 0 Å². The molecule has 1 aromatic rings. The van der Waals surface area contributed by atoms with E-state index in [4.69, 9.17) is 5.73 Å². The van der Waals surface area contributed by atoms with E-state index in [0.29, 0.717) is 18.1 Å². The Morgan fingerprint density at radius 2 is 2.27 bits per heavy atom. The number of nitrogens with zero attached hydrogens (tertiary/aromatic N) is 2. The standard InChI is InChI=1S/C9H15N5O/c1-11-9(15)7-3-4-8(14-13-7)12-6-2-5-10/h3-4H,2,5-6,10H2,1H3,(H,11,15)(H,12,14). The SMILES string of the molecule is CNC(=O)c1ccc(NCCCN)nn1. The summed E-state index contributed by atoms with van der Waals surface area (Å²) in [6.45, 7) is 1.39. The van der Waals surface area contributed by atoms with Crippen LogP contribution in [0.4, 0.5) is 5.82 Å². The summed E-state index contributed by atoms with van der Waals surface area (Å²) in [6.07, 6.45) is 0.874. The third kappa shape index (κ3) is 3.51. The van der Waals surface area contributed by atoms with Gasteiger partial charge in [0.1, 0.15) is 5.82 Å². The molecule has 0 saturated carbocycles. The maximum atomic E-state index is 11.1. The molecule has 4 N–H and O–H groups in total. The zero-order valence-corrected chi connectivity index (χ0v) is 8.66. The number of anilines is 1. The summed E-state index contributed by atoms with van der Waals surface area (Å²) in [7, 11) is 1.55. The summed E-state index contributed by atoms with van der Waals surface area (Å²) in [4.78, 5) is 11.1. The highest BCUT2D eigenvalue weighted by Gasteiger charge is 2.04. The second-order valence-corrected chi connectivity index (χ2v) is 2.95. The number of nitrogens with two attached hydrogens (primary N) is 1. The Morgan fingerprint density at radius 3 is 2.80 bits per heavy atom. The zero-order valence-electron chi connectivity index (χ0n) is 8.66. The zero-order chi connectivity index (χ0) is 11.1. The van der Waals surface area contributed by atoms with E-state index in [9.17, 15) is 4.79 Å². The molecular formula is C9H15N5O. The largest absolute Gasteiger partial charge is 0.369 e. The predicted molar refractivity (Wildman–Crippen MR) is 57.6 cm³/mol. The number of carbonyl (C=O) groups is 1. The Morgan fingerprint density at radius 1 is 1.47 bits per heavy atom. The van der Waals surface area contributed by atoms with Gasteiger partial charge >= 0.3 is 0 Å². The lowest BCUT2D eigenvalue weighted by molar-refractivity contribution is 0.0957. The number of hydrogen-bond acceptors (Lipinski definition) is 5. The lowest BCUT2D eigenvalue weighted by atomic mass is 10.3. The Hall–Kier alpha value is -1.69. The van der Waals surface area contributed by atoms with Gasteiger partial charge in [0.05, 0.1) is 0 Å². The van der Waals surface area contributed by atoms with Gasteiger partial charge in [0.15, 0.2) is 5.69 Å².